The molecule has 0 saturated carbocycles. The first-order chi connectivity index (χ1) is 8.80. The summed E-state index contributed by atoms with van der Waals surface area (Å²) in [6.07, 6.45) is 0.976. The predicted octanol–water partition coefficient (Wildman–Crippen LogP) is 3.50. The Morgan fingerprint density at radius 1 is 1.22 bits per heavy atom. The lowest BCUT2D eigenvalue weighted by molar-refractivity contribution is 0.340. The van der Waals surface area contributed by atoms with Gasteiger partial charge in [-0.3, -0.25) is 0 Å². The normalized spacial score (nSPS) is 11.1. The highest BCUT2D eigenvalue weighted by Gasteiger charge is 2.12. The van der Waals surface area contributed by atoms with E-state index in [0.717, 1.165) is 36.6 Å². The summed E-state index contributed by atoms with van der Waals surface area (Å²) in [6.45, 7) is 8.68. The van der Waals surface area contributed by atoms with Gasteiger partial charge in [-0.2, -0.15) is 0 Å². The van der Waals surface area contributed by atoms with Crippen LogP contribution >= 0.6 is 0 Å². The van der Waals surface area contributed by atoms with Crippen LogP contribution in [0, 0.1) is 0 Å². The molecule has 0 aliphatic rings. The number of fused-ring (bicyclic) bond motifs is 1. The van der Waals surface area contributed by atoms with E-state index in [-0.39, 0.29) is 0 Å². The smallest absolute Gasteiger partial charge is 0.134 e. The predicted molar refractivity (Wildman–Crippen MR) is 74.1 cm³/mol. The van der Waals surface area contributed by atoms with Crippen LogP contribution in [-0.2, 0) is 13.0 Å². The topological polar surface area (TPSA) is 34.4 Å². The third kappa shape index (κ3) is 2.51. The van der Waals surface area contributed by atoms with Crippen molar-refractivity contribution in [3.8, 4) is 5.75 Å². The molecular formula is C15H21NO2. The summed E-state index contributed by atoms with van der Waals surface area (Å²) in [5.41, 5.74) is 2.23. The lowest BCUT2D eigenvalue weighted by atomic mass is 10.1. The largest absolute Gasteiger partial charge is 0.494 e. The minimum atomic E-state index is 0.690. The van der Waals surface area contributed by atoms with E-state index < -0.39 is 0 Å². The van der Waals surface area contributed by atoms with Crippen molar-refractivity contribution in [2.24, 2.45) is 0 Å². The molecule has 0 aliphatic carbocycles. The molecule has 18 heavy (non-hydrogen) atoms. The fourth-order valence-corrected chi connectivity index (χ4v) is 2.20. The molecule has 3 heteroatoms. The summed E-state index contributed by atoms with van der Waals surface area (Å²) in [5, 5.41) is 4.49. The fraction of sp³-hybridized carbons (Fsp3) is 0.467. The lowest BCUT2D eigenvalue weighted by Gasteiger charge is -2.02. The third-order valence-electron chi connectivity index (χ3n) is 3.05. The first-order valence-electron chi connectivity index (χ1n) is 6.67. The van der Waals surface area contributed by atoms with Gasteiger partial charge < -0.3 is 14.5 Å². The van der Waals surface area contributed by atoms with Gasteiger partial charge in [0.05, 0.1) is 13.2 Å². The molecule has 1 aromatic heterocycles. The van der Waals surface area contributed by atoms with Crippen molar-refractivity contribution < 1.29 is 9.15 Å². The molecule has 1 aromatic carbocycles. The van der Waals surface area contributed by atoms with Crippen molar-refractivity contribution in [2.45, 2.75) is 33.7 Å². The fourth-order valence-electron chi connectivity index (χ4n) is 2.20. The Kier molecular flexibility index (Phi) is 4.26. The maximum atomic E-state index is 5.91. The van der Waals surface area contributed by atoms with Gasteiger partial charge in [-0.15, -0.1) is 0 Å². The summed E-state index contributed by atoms with van der Waals surface area (Å²) >= 11 is 0. The van der Waals surface area contributed by atoms with E-state index in [2.05, 4.69) is 25.2 Å². The Balaban J connectivity index is 2.41. The second-order valence-corrected chi connectivity index (χ2v) is 4.23. The molecule has 0 spiro atoms. The van der Waals surface area contributed by atoms with E-state index in [9.17, 15) is 0 Å². The first-order valence-corrected chi connectivity index (χ1v) is 6.67. The highest BCUT2D eigenvalue weighted by Crippen LogP contribution is 2.29. The Bertz CT molecular complexity index is 516. The van der Waals surface area contributed by atoms with Gasteiger partial charge in [0.15, 0.2) is 0 Å². The zero-order valence-corrected chi connectivity index (χ0v) is 11.4. The zero-order chi connectivity index (χ0) is 13.0. The lowest BCUT2D eigenvalue weighted by Crippen LogP contribution is -2.12. The highest BCUT2D eigenvalue weighted by atomic mass is 16.5. The Hall–Kier alpha value is -1.48. The average Bonchev–Trinajstić information content (AvgIpc) is 2.73. The number of rotatable bonds is 6. The molecular weight excluding hydrogens is 226 g/mol. The van der Waals surface area contributed by atoms with Gasteiger partial charge in [-0.25, -0.2) is 0 Å². The molecule has 0 unspecified atom stereocenters. The second kappa shape index (κ2) is 5.91. The van der Waals surface area contributed by atoms with Crippen molar-refractivity contribution in [1.82, 2.24) is 5.32 Å². The van der Waals surface area contributed by atoms with Crippen LogP contribution in [0.5, 0.6) is 5.75 Å². The number of benzene rings is 1. The molecule has 3 nitrogen and oxygen atoms in total. The van der Waals surface area contributed by atoms with Crippen molar-refractivity contribution in [3.05, 3.63) is 29.5 Å². The van der Waals surface area contributed by atoms with Crippen LogP contribution in [0.25, 0.3) is 11.0 Å². The molecule has 0 radical (unpaired) electrons. The standard InChI is InChI=1S/C15H21NO2/c1-4-12-13-9-11(17-6-3)7-8-14(13)18-15(12)10-16-5-2/h7-9,16H,4-6,10H2,1-3H3. The van der Waals surface area contributed by atoms with Crippen molar-refractivity contribution in [2.75, 3.05) is 13.2 Å². The molecule has 2 aromatic rings. The number of aryl methyl sites for hydroxylation is 1. The highest BCUT2D eigenvalue weighted by molar-refractivity contribution is 5.83. The van der Waals surface area contributed by atoms with Crippen LogP contribution in [0.1, 0.15) is 32.1 Å². The Labute approximate surface area is 108 Å². The summed E-state index contributed by atoms with van der Waals surface area (Å²) in [5.74, 6) is 1.96. The summed E-state index contributed by atoms with van der Waals surface area (Å²) in [4.78, 5) is 0. The van der Waals surface area contributed by atoms with Gasteiger partial charge >= 0.3 is 0 Å². The van der Waals surface area contributed by atoms with Crippen LogP contribution < -0.4 is 10.1 Å². The van der Waals surface area contributed by atoms with E-state index in [0.29, 0.717) is 6.61 Å². The molecule has 0 saturated heterocycles. The van der Waals surface area contributed by atoms with E-state index in [1.165, 1.54) is 10.9 Å². The first kappa shape index (κ1) is 13.0. The molecule has 0 atom stereocenters. The molecule has 2 rings (SSSR count). The number of ether oxygens (including phenoxy) is 1. The summed E-state index contributed by atoms with van der Waals surface area (Å²) < 4.78 is 11.5. The number of hydrogen-bond acceptors (Lipinski definition) is 3. The van der Waals surface area contributed by atoms with Gasteiger partial charge in [-0.1, -0.05) is 13.8 Å². The monoisotopic (exact) mass is 247 g/mol. The van der Waals surface area contributed by atoms with Crippen LogP contribution in [0.4, 0.5) is 0 Å². The molecule has 0 fully saturated rings. The molecule has 98 valence electrons. The summed E-state index contributed by atoms with van der Waals surface area (Å²) in [7, 11) is 0. The summed E-state index contributed by atoms with van der Waals surface area (Å²) in [6, 6.07) is 6.04. The average molecular weight is 247 g/mol. The van der Waals surface area contributed by atoms with Crippen LogP contribution in [0.15, 0.2) is 22.6 Å². The molecule has 1 N–H and O–H groups in total. The number of furan rings is 1. The maximum absolute atomic E-state index is 5.91. The molecule has 0 aliphatic heterocycles. The van der Waals surface area contributed by atoms with E-state index in [4.69, 9.17) is 9.15 Å². The maximum Gasteiger partial charge on any atom is 0.134 e. The Morgan fingerprint density at radius 3 is 2.72 bits per heavy atom. The van der Waals surface area contributed by atoms with Gasteiger partial charge in [0.25, 0.3) is 0 Å². The van der Waals surface area contributed by atoms with Crippen LogP contribution in [0.2, 0.25) is 0 Å². The van der Waals surface area contributed by atoms with E-state index in [1.54, 1.807) is 0 Å². The van der Waals surface area contributed by atoms with E-state index in [1.807, 2.05) is 19.1 Å². The second-order valence-electron chi connectivity index (χ2n) is 4.23. The minimum absolute atomic E-state index is 0.690. The molecule has 0 amide bonds. The van der Waals surface area contributed by atoms with Crippen molar-refractivity contribution >= 4 is 11.0 Å². The molecule has 1 heterocycles. The van der Waals surface area contributed by atoms with Gasteiger partial charge in [0, 0.05) is 10.9 Å². The van der Waals surface area contributed by atoms with Gasteiger partial charge in [-0.05, 0) is 38.1 Å². The number of hydrogen-bond donors (Lipinski definition) is 1. The van der Waals surface area contributed by atoms with Gasteiger partial charge in [0.2, 0.25) is 0 Å². The van der Waals surface area contributed by atoms with Crippen LogP contribution in [-0.4, -0.2) is 13.2 Å². The minimum Gasteiger partial charge on any atom is -0.494 e. The van der Waals surface area contributed by atoms with Gasteiger partial charge in [0.1, 0.15) is 17.1 Å². The van der Waals surface area contributed by atoms with E-state index >= 15 is 0 Å². The van der Waals surface area contributed by atoms with Crippen molar-refractivity contribution in [3.63, 3.8) is 0 Å². The Morgan fingerprint density at radius 2 is 2.06 bits per heavy atom. The van der Waals surface area contributed by atoms with Crippen LogP contribution in [0.3, 0.4) is 0 Å². The quantitative estimate of drug-likeness (QED) is 0.848. The SMILES string of the molecule is CCNCc1oc2ccc(OCC)cc2c1CC. The third-order valence-corrected chi connectivity index (χ3v) is 3.05. The van der Waals surface area contributed by atoms with Crippen molar-refractivity contribution in [1.29, 1.82) is 0 Å². The zero-order valence-electron chi connectivity index (χ0n) is 11.4. The molecule has 0 bridgehead atoms. The number of nitrogens with one attached hydrogen (secondary N) is 1.